The van der Waals surface area contributed by atoms with Gasteiger partial charge in [0.15, 0.2) is 0 Å². The first-order valence-electron chi connectivity index (χ1n) is 5.74. The highest BCUT2D eigenvalue weighted by molar-refractivity contribution is 5.75. The van der Waals surface area contributed by atoms with Crippen LogP contribution in [0.5, 0.6) is 0 Å². The van der Waals surface area contributed by atoms with Gasteiger partial charge >= 0.3 is 5.97 Å². The third-order valence-electron chi connectivity index (χ3n) is 2.70. The summed E-state index contributed by atoms with van der Waals surface area (Å²) in [5, 5.41) is 0. The van der Waals surface area contributed by atoms with E-state index in [1.807, 2.05) is 6.92 Å². The lowest BCUT2D eigenvalue weighted by Crippen LogP contribution is -2.33. The topological polar surface area (TPSA) is 61.6 Å². The second kappa shape index (κ2) is 6.80. The van der Waals surface area contributed by atoms with Gasteiger partial charge in [-0.3, -0.25) is 4.79 Å². The van der Waals surface area contributed by atoms with Crippen LogP contribution in [0.15, 0.2) is 0 Å². The molecule has 2 N–H and O–H groups in total. The average molecular weight is 215 g/mol. The predicted octanol–water partition coefficient (Wildman–Crippen LogP) is 1.08. The molecule has 4 heteroatoms. The van der Waals surface area contributed by atoms with Gasteiger partial charge in [0.2, 0.25) is 0 Å². The normalized spacial score (nSPS) is 19.9. The summed E-state index contributed by atoms with van der Waals surface area (Å²) in [5.41, 5.74) is 5.64. The molecule has 1 atom stereocenters. The van der Waals surface area contributed by atoms with Crippen molar-refractivity contribution in [2.45, 2.75) is 38.6 Å². The van der Waals surface area contributed by atoms with Crippen LogP contribution in [0.25, 0.3) is 0 Å². The summed E-state index contributed by atoms with van der Waals surface area (Å²) in [6.07, 6.45) is 3.58. The monoisotopic (exact) mass is 215 g/mol. The van der Waals surface area contributed by atoms with Gasteiger partial charge in [-0.2, -0.15) is 0 Å². The SMILES string of the molecule is CCCC(N)C(=O)OCC1CCOCC1. The lowest BCUT2D eigenvalue weighted by Gasteiger charge is -2.22. The van der Waals surface area contributed by atoms with E-state index in [0.29, 0.717) is 18.9 Å². The highest BCUT2D eigenvalue weighted by Gasteiger charge is 2.18. The van der Waals surface area contributed by atoms with Crippen LogP contribution < -0.4 is 5.73 Å². The number of ether oxygens (including phenoxy) is 2. The third kappa shape index (κ3) is 4.62. The van der Waals surface area contributed by atoms with Gasteiger partial charge in [-0.25, -0.2) is 0 Å². The molecule has 1 rings (SSSR count). The van der Waals surface area contributed by atoms with Crippen LogP contribution >= 0.6 is 0 Å². The highest BCUT2D eigenvalue weighted by atomic mass is 16.5. The van der Waals surface area contributed by atoms with E-state index in [4.69, 9.17) is 15.2 Å². The minimum atomic E-state index is -0.449. The molecule has 0 saturated carbocycles. The van der Waals surface area contributed by atoms with E-state index in [0.717, 1.165) is 32.5 Å². The molecule has 4 nitrogen and oxygen atoms in total. The second-order valence-electron chi connectivity index (χ2n) is 4.08. The van der Waals surface area contributed by atoms with Crippen molar-refractivity contribution in [1.82, 2.24) is 0 Å². The Bertz CT molecular complexity index is 190. The first-order chi connectivity index (χ1) is 7.24. The maximum atomic E-state index is 11.4. The molecule has 1 saturated heterocycles. The van der Waals surface area contributed by atoms with Gasteiger partial charge in [0.25, 0.3) is 0 Å². The van der Waals surface area contributed by atoms with E-state index in [2.05, 4.69) is 0 Å². The molecule has 1 aliphatic heterocycles. The summed E-state index contributed by atoms with van der Waals surface area (Å²) in [7, 11) is 0. The fourth-order valence-corrected chi connectivity index (χ4v) is 1.65. The van der Waals surface area contributed by atoms with Gasteiger partial charge < -0.3 is 15.2 Å². The fraction of sp³-hybridized carbons (Fsp3) is 0.909. The smallest absolute Gasteiger partial charge is 0.322 e. The van der Waals surface area contributed by atoms with E-state index in [1.165, 1.54) is 0 Å². The lowest BCUT2D eigenvalue weighted by atomic mass is 10.0. The molecular formula is C11H21NO3. The van der Waals surface area contributed by atoms with Crippen molar-refractivity contribution in [3.8, 4) is 0 Å². The number of esters is 1. The number of hydrogen-bond acceptors (Lipinski definition) is 4. The Hall–Kier alpha value is -0.610. The summed E-state index contributed by atoms with van der Waals surface area (Å²) in [6, 6.07) is -0.449. The molecule has 0 aliphatic carbocycles. The average Bonchev–Trinajstić information content (AvgIpc) is 2.27. The Morgan fingerprint density at radius 2 is 2.20 bits per heavy atom. The van der Waals surface area contributed by atoms with Crippen LogP contribution in [0.4, 0.5) is 0 Å². The molecular weight excluding hydrogens is 194 g/mol. The molecule has 0 aromatic carbocycles. The first kappa shape index (κ1) is 12.5. The van der Waals surface area contributed by atoms with Crippen molar-refractivity contribution in [2.24, 2.45) is 11.7 Å². The van der Waals surface area contributed by atoms with Gasteiger partial charge in [0.1, 0.15) is 6.04 Å². The zero-order valence-electron chi connectivity index (χ0n) is 9.41. The van der Waals surface area contributed by atoms with Gasteiger partial charge in [-0.1, -0.05) is 13.3 Å². The summed E-state index contributed by atoms with van der Waals surface area (Å²) >= 11 is 0. The number of carbonyl (C=O) groups excluding carboxylic acids is 1. The van der Waals surface area contributed by atoms with Crippen LogP contribution in [0, 0.1) is 5.92 Å². The second-order valence-corrected chi connectivity index (χ2v) is 4.08. The largest absolute Gasteiger partial charge is 0.464 e. The van der Waals surface area contributed by atoms with E-state index >= 15 is 0 Å². The van der Waals surface area contributed by atoms with Gasteiger partial charge in [-0.05, 0) is 25.2 Å². The van der Waals surface area contributed by atoms with Gasteiger partial charge in [-0.15, -0.1) is 0 Å². The molecule has 0 bridgehead atoms. The molecule has 0 radical (unpaired) electrons. The van der Waals surface area contributed by atoms with Crippen molar-refractivity contribution in [1.29, 1.82) is 0 Å². The molecule has 15 heavy (non-hydrogen) atoms. The van der Waals surface area contributed by atoms with Crippen molar-refractivity contribution in [3.63, 3.8) is 0 Å². The Kier molecular flexibility index (Phi) is 5.65. The number of hydrogen-bond donors (Lipinski definition) is 1. The Balaban J connectivity index is 2.14. The number of nitrogens with two attached hydrogens (primary N) is 1. The minimum Gasteiger partial charge on any atom is -0.464 e. The van der Waals surface area contributed by atoms with Crippen LogP contribution in [-0.2, 0) is 14.3 Å². The predicted molar refractivity (Wildman–Crippen MR) is 57.4 cm³/mol. The van der Waals surface area contributed by atoms with Crippen molar-refractivity contribution < 1.29 is 14.3 Å². The molecule has 1 unspecified atom stereocenters. The van der Waals surface area contributed by atoms with Crippen molar-refractivity contribution in [2.75, 3.05) is 19.8 Å². The minimum absolute atomic E-state index is 0.261. The van der Waals surface area contributed by atoms with Gasteiger partial charge in [0.05, 0.1) is 6.61 Å². The molecule has 1 heterocycles. The fourth-order valence-electron chi connectivity index (χ4n) is 1.65. The summed E-state index contributed by atoms with van der Waals surface area (Å²) in [4.78, 5) is 11.4. The van der Waals surface area contributed by atoms with E-state index in [-0.39, 0.29) is 5.97 Å². The molecule has 1 aliphatic rings. The number of carbonyl (C=O) groups is 1. The van der Waals surface area contributed by atoms with Crippen molar-refractivity contribution >= 4 is 5.97 Å². The molecule has 0 spiro atoms. The molecule has 88 valence electrons. The highest BCUT2D eigenvalue weighted by Crippen LogP contribution is 2.15. The first-order valence-corrected chi connectivity index (χ1v) is 5.74. The van der Waals surface area contributed by atoms with E-state index < -0.39 is 6.04 Å². The van der Waals surface area contributed by atoms with E-state index in [1.54, 1.807) is 0 Å². The third-order valence-corrected chi connectivity index (χ3v) is 2.70. The Labute approximate surface area is 91.1 Å². The van der Waals surface area contributed by atoms with E-state index in [9.17, 15) is 4.79 Å². The standard InChI is InChI=1S/C11H21NO3/c1-2-3-10(12)11(13)15-8-9-4-6-14-7-5-9/h9-10H,2-8,12H2,1H3. The van der Waals surface area contributed by atoms with Crippen LogP contribution in [0.2, 0.25) is 0 Å². The molecule has 1 fully saturated rings. The zero-order valence-corrected chi connectivity index (χ0v) is 9.41. The van der Waals surface area contributed by atoms with Crippen LogP contribution in [-0.4, -0.2) is 31.8 Å². The van der Waals surface area contributed by atoms with Crippen LogP contribution in [0.3, 0.4) is 0 Å². The lowest BCUT2D eigenvalue weighted by molar-refractivity contribution is -0.147. The quantitative estimate of drug-likeness (QED) is 0.697. The maximum absolute atomic E-state index is 11.4. The Morgan fingerprint density at radius 3 is 2.80 bits per heavy atom. The Morgan fingerprint density at radius 1 is 1.53 bits per heavy atom. The van der Waals surface area contributed by atoms with Crippen LogP contribution in [0.1, 0.15) is 32.6 Å². The maximum Gasteiger partial charge on any atom is 0.322 e. The summed E-state index contributed by atoms with van der Waals surface area (Å²) < 4.78 is 10.4. The number of rotatable bonds is 5. The van der Waals surface area contributed by atoms with Crippen molar-refractivity contribution in [3.05, 3.63) is 0 Å². The molecule has 0 amide bonds. The molecule has 0 aromatic rings. The summed E-state index contributed by atoms with van der Waals surface area (Å²) in [5.74, 6) is 0.194. The zero-order chi connectivity index (χ0) is 11.1. The molecule has 0 aromatic heterocycles. The van der Waals surface area contributed by atoms with Gasteiger partial charge in [0, 0.05) is 13.2 Å². The summed E-state index contributed by atoms with van der Waals surface area (Å²) in [6.45, 7) is 4.07.